The van der Waals surface area contributed by atoms with Gasteiger partial charge in [0.25, 0.3) is 0 Å². The molecule has 2 heteroatoms. The number of aromatic nitrogens is 1. The molecule has 0 fully saturated rings. The summed E-state index contributed by atoms with van der Waals surface area (Å²) >= 11 is 0. The first-order valence-electron chi connectivity index (χ1n) is 26.7. The lowest BCUT2D eigenvalue weighted by Gasteiger charge is -2.39. The Balaban J connectivity index is 0.911. The van der Waals surface area contributed by atoms with Crippen molar-refractivity contribution in [1.82, 2.24) is 4.57 Å². The van der Waals surface area contributed by atoms with E-state index in [9.17, 15) is 0 Å². The lowest BCUT2D eigenvalue weighted by Crippen LogP contribution is -2.33. The van der Waals surface area contributed by atoms with Crippen LogP contribution in [0.25, 0.3) is 93.9 Å². The summed E-state index contributed by atoms with van der Waals surface area (Å²) < 4.78 is 2.53. The summed E-state index contributed by atoms with van der Waals surface area (Å²) in [5.74, 6) is 0. The van der Waals surface area contributed by atoms with Crippen molar-refractivity contribution in [1.29, 1.82) is 0 Å². The minimum Gasteiger partial charge on any atom is -0.309 e. The van der Waals surface area contributed by atoms with Crippen LogP contribution in [0.5, 0.6) is 0 Å². The van der Waals surface area contributed by atoms with Crippen LogP contribution in [-0.2, 0) is 10.8 Å². The monoisotopic (exact) mass is 966 g/mol. The second-order valence-corrected chi connectivity index (χ2v) is 21.5. The average Bonchev–Trinajstić information content (AvgIpc) is 4.27. The standard InChI is InChI=1S/C74H50N2/c1-73(2)62-28-12-8-23-55(62)57-42-40-51(46-66(57)73)75(68-32-15-10-21-53(68)49-37-35-48(36-38-49)47-19-4-3-5-20-47)70-44-43-52(54-22-6-7-25-59(54)70)50-39-41-58-56-24-9-13-29-63(56)74(67(58)45-50)64-30-14-17-34-71(64)76-69-33-16-11-26-60(69)61-27-18-31-65(74)72(61)76/h3-46H,1-2H3. The summed E-state index contributed by atoms with van der Waals surface area (Å²) in [6.45, 7) is 4.76. The molecule has 13 aromatic rings. The fraction of sp³-hybridized carbons (Fsp3) is 0.0541. The molecule has 0 N–H and O–H groups in total. The highest BCUT2D eigenvalue weighted by atomic mass is 15.1. The predicted octanol–water partition coefficient (Wildman–Crippen LogP) is 19.4. The highest BCUT2D eigenvalue weighted by Gasteiger charge is 2.51. The molecule has 0 bridgehead atoms. The molecule has 1 atom stereocenters. The fourth-order valence-corrected chi connectivity index (χ4v) is 14.1. The van der Waals surface area contributed by atoms with E-state index in [4.69, 9.17) is 0 Å². The summed E-state index contributed by atoms with van der Waals surface area (Å²) in [5, 5.41) is 4.97. The lowest BCUT2D eigenvalue weighted by molar-refractivity contribution is 0.660. The topological polar surface area (TPSA) is 8.17 Å². The van der Waals surface area contributed by atoms with Crippen LogP contribution >= 0.6 is 0 Å². The molecule has 3 aliphatic rings. The molecule has 2 aliphatic carbocycles. The zero-order valence-corrected chi connectivity index (χ0v) is 42.3. The van der Waals surface area contributed by atoms with E-state index < -0.39 is 5.41 Å². The number of rotatable bonds is 6. The molecular weight excluding hydrogens is 917 g/mol. The van der Waals surface area contributed by atoms with Crippen LogP contribution in [0.2, 0.25) is 0 Å². The normalized spacial score (nSPS) is 15.1. The number of anilines is 3. The van der Waals surface area contributed by atoms with Crippen molar-refractivity contribution in [2.75, 3.05) is 4.90 Å². The Hall–Kier alpha value is -9.50. The average molecular weight is 967 g/mol. The van der Waals surface area contributed by atoms with Gasteiger partial charge in [0, 0.05) is 32.8 Å². The van der Waals surface area contributed by atoms with Gasteiger partial charge < -0.3 is 9.47 Å². The quantitative estimate of drug-likeness (QED) is 0.161. The molecule has 1 aliphatic heterocycles. The van der Waals surface area contributed by atoms with Crippen molar-refractivity contribution in [3.63, 3.8) is 0 Å². The van der Waals surface area contributed by atoms with Crippen molar-refractivity contribution in [3.8, 4) is 61.3 Å². The van der Waals surface area contributed by atoms with E-state index in [0.717, 1.165) is 17.1 Å². The van der Waals surface area contributed by atoms with Gasteiger partial charge >= 0.3 is 0 Å². The third-order valence-electron chi connectivity index (χ3n) is 17.4. The summed E-state index contributed by atoms with van der Waals surface area (Å²) in [7, 11) is 0. The number of benzene rings is 12. The van der Waals surface area contributed by atoms with Crippen molar-refractivity contribution in [2.24, 2.45) is 0 Å². The lowest BCUT2D eigenvalue weighted by atomic mass is 9.65. The van der Waals surface area contributed by atoms with E-state index in [1.54, 1.807) is 0 Å². The number of fused-ring (bicyclic) bond motifs is 16. The summed E-state index contributed by atoms with van der Waals surface area (Å²) in [6.07, 6.45) is 0. The van der Waals surface area contributed by atoms with Gasteiger partial charge in [0.05, 0.1) is 33.5 Å². The molecule has 2 heterocycles. The molecule has 0 saturated heterocycles. The third kappa shape index (κ3) is 5.81. The second kappa shape index (κ2) is 16.0. The number of hydrogen-bond donors (Lipinski definition) is 0. The minimum atomic E-state index is -0.543. The molecule has 76 heavy (non-hydrogen) atoms. The Morgan fingerprint density at radius 1 is 0.303 bits per heavy atom. The van der Waals surface area contributed by atoms with E-state index >= 15 is 0 Å². The predicted molar refractivity (Wildman–Crippen MR) is 318 cm³/mol. The minimum absolute atomic E-state index is 0.169. The van der Waals surface area contributed by atoms with Gasteiger partial charge in [-0.15, -0.1) is 0 Å². The van der Waals surface area contributed by atoms with Crippen molar-refractivity contribution in [3.05, 3.63) is 300 Å². The SMILES string of the molecule is CC1(C)c2ccccc2-c2ccc(N(c3ccccc3-c3ccc(-c4ccccc4)cc3)c3ccc(-c4ccc5c(c4)C4(c6ccccc6-5)c5ccccc5-n5c6ccccc6c6cccc4c65)c4ccccc34)cc21. The van der Waals surface area contributed by atoms with Gasteiger partial charge in [0.15, 0.2) is 0 Å². The Labute approximate surface area is 443 Å². The molecular formula is C74H50N2. The van der Waals surface area contributed by atoms with Gasteiger partial charge in [-0.25, -0.2) is 0 Å². The molecule has 0 radical (unpaired) electrons. The van der Waals surface area contributed by atoms with Crippen molar-refractivity contribution >= 4 is 49.6 Å². The maximum atomic E-state index is 2.54. The van der Waals surface area contributed by atoms with Gasteiger partial charge in [-0.2, -0.15) is 0 Å². The maximum absolute atomic E-state index is 2.54. The van der Waals surface area contributed by atoms with E-state index in [1.165, 1.54) is 127 Å². The zero-order valence-electron chi connectivity index (χ0n) is 42.3. The van der Waals surface area contributed by atoms with Crippen LogP contribution in [-0.4, -0.2) is 4.57 Å². The molecule has 2 nitrogen and oxygen atoms in total. The van der Waals surface area contributed by atoms with Gasteiger partial charge in [-0.05, 0) is 131 Å². The van der Waals surface area contributed by atoms with Crippen molar-refractivity contribution < 1.29 is 0 Å². The number of para-hydroxylation sites is 4. The Kier molecular flexibility index (Phi) is 9.04. The third-order valence-corrected chi connectivity index (χ3v) is 17.4. The molecule has 12 aromatic carbocycles. The first kappa shape index (κ1) is 43.0. The van der Waals surface area contributed by atoms with E-state index in [0.29, 0.717) is 0 Å². The molecule has 16 rings (SSSR count). The number of hydrogen-bond acceptors (Lipinski definition) is 1. The van der Waals surface area contributed by atoms with E-state index in [-0.39, 0.29) is 5.41 Å². The van der Waals surface area contributed by atoms with Gasteiger partial charge in [-0.3, -0.25) is 0 Å². The molecule has 0 amide bonds. The zero-order chi connectivity index (χ0) is 50.3. The van der Waals surface area contributed by atoms with E-state index in [1.807, 2.05) is 0 Å². The van der Waals surface area contributed by atoms with E-state index in [2.05, 4.69) is 290 Å². The number of nitrogens with zero attached hydrogens (tertiary/aromatic N) is 2. The first-order chi connectivity index (χ1) is 37.5. The smallest absolute Gasteiger partial charge is 0.0754 e. The van der Waals surface area contributed by atoms with Crippen LogP contribution in [0.3, 0.4) is 0 Å². The molecule has 356 valence electrons. The van der Waals surface area contributed by atoms with Crippen LogP contribution < -0.4 is 4.90 Å². The summed E-state index contributed by atoms with van der Waals surface area (Å²) in [5.41, 5.74) is 26.8. The van der Waals surface area contributed by atoms with Gasteiger partial charge in [0.1, 0.15) is 0 Å². The van der Waals surface area contributed by atoms with Gasteiger partial charge in [-0.1, -0.05) is 238 Å². The van der Waals surface area contributed by atoms with Crippen molar-refractivity contribution in [2.45, 2.75) is 24.7 Å². The van der Waals surface area contributed by atoms with Gasteiger partial charge in [0.2, 0.25) is 0 Å². The highest BCUT2D eigenvalue weighted by molar-refractivity contribution is 6.13. The molecule has 1 unspecified atom stereocenters. The van der Waals surface area contributed by atoms with Crippen LogP contribution in [0.15, 0.2) is 267 Å². The maximum Gasteiger partial charge on any atom is 0.0754 e. The second-order valence-electron chi connectivity index (χ2n) is 21.5. The largest absolute Gasteiger partial charge is 0.309 e. The fourth-order valence-electron chi connectivity index (χ4n) is 14.1. The summed E-state index contributed by atoms with van der Waals surface area (Å²) in [6, 6.07) is 100. The Bertz CT molecular complexity index is 4550. The highest BCUT2D eigenvalue weighted by Crippen LogP contribution is 2.62. The molecule has 0 saturated carbocycles. The molecule has 1 aromatic heterocycles. The molecule has 1 spiro atoms. The van der Waals surface area contributed by atoms with Crippen LogP contribution in [0.1, 0.15) is 47.2 Å². The summed E-state index contributed by atoms with van der Waals surface area (Å²) in [4.78, 5) is 2.53. The first-order valence-corrected chi connectivity index (χ1v) is 26.7. The Morgan fingerprint density at radius 2 is 0.855 bits per heavy atom. The Morgan fingerprint density at radius 3 is 1.68 bits per heavy atom. The van der Waals surface area contributed by atoms with Crippen LogP contribution in [0.4, 0.5) is 17.1 Å². The van der Waals surface area contributed by atoms with Crippen LogP contribution in [0, 0.1) is 0 Å².